The minimum absolute atomic E-state index is 0.0880. The lowest BCUT2D eigenvalue weighted by molar-refractivity contribution is -0.384. The second-order valence-electron chi connectivity index (χ2n) is 5.26. The molecule has 0 amide bonds. The van der Waals surface area contributed by atoms with Gasteiger partial charge in [0.1, 0.15) is 11.5 Å². The smallest absolute Gasteiger partial charge is 0.292 e. The molecule has 1 aliphatic carbocycles. The van der Waals surface area contributed by atoms with Crippen LogP contribution in [0.2, 0.25) is 0 Å². The van der Waals surface area contributed by atoms with Crippen LogP contribution in [0.4, 0.5) is 15.8 Å². The number of anilines is 1. The molecule has 1 aromatic carbocycles. The van der Waals surface area contributed by atoms with Gasteiger partial charge in [-0.3, -0.25) is 10.1 Å². The number of benzene rings is 1. The van der Waals surface area contributed by atoms with Gasteiger partial charge in [0, 0.05) is 31.3 Å². The highest BCUT2D eigenvalue weighted by Crippen LogP contribution is 2.25. The monoisotopic (exact) mass is 281 g/mol. The van der Waals surface area contributed by atoms with Crippen LogP contribution in [-0.4, -0.2) is 36.0 Å². The molecule has 1 fully saturated rings. The molecule has 1 saturated carbocycles. The number of halogens is 1. The molecule has 0 aliphatic heterocycles. The van der Waals surface area contributed by atoms with Crippen LogP contribution in [0.3, 0.4) is 0 Å². The Labute approximate surface area is 117 Å². The Hall–Kier alpha value is -1.69. The molecule has 6 heteroatoms. The fraction of sp³-hybridized carbons (Fsp3) is 0.571. The first-order chi connectivity index (χ1) is 9.58. The standard InChI is InChI=1S/C14H20FN3O2/c1-17(12-4-2-3-5-12)9-8-16-13-10-11(15)6-7-14(13)18(19)20/h6-7,10,12,16H,2-5,8-9H2,1H3. The molecule has 20 heavy (non-hydrogen) atoms. The molecule has 0 atom stereocenters. The molecule has 0 heterocycles. The van der Waals surface area contributed by atoms with Crippen molar-refractivity contribution in [1.82, 2.24) is 4.90 Å². The van der Waals surface area contributed by atoms with Gasteiger partial charge in [0.15, 0.2) is 0 Å². The second-order valence-corrected chi connectivity index (χ2v) is 5.26. The van der Waals surface area contributed by atoms with Gasteiger partial charge in [0.05, 0.1) is 4.92 Å². The summed E-state index contributed by atoms with van der Waals surface area (Å²) in [5.41, 5.74) is 0.157. The molecule has 0 unspecified atom stereocenters. The van der Waals surface area contributed by atoms with Gasteiger partial charge < -0.3 is 10.2 Å². The molecule has 0 aromatic heterocycles. The Morgan fingerprint density at radius 2 is 2.15 bits per heavy atom. The van der Waals surface area contributed by atoms with E-state index in [2.05, 4.69) is 17.3 Å². The van der Waals surface area contributed by atoms with E-state index >= 15 is 0 Å². The molecule has 0 radical (unpaired) electrons. The molecule has 1 aromatic rings. The lowest BCUT2D eigenvalue weighted by Crippen LogP contribution is -2.33. The highest BCUT2D eigenvalue weighted by atomic mass is 19.1. The average Bonchev–Trinajstić information content (AvgIpc) is 2.92. The summed E-state index contributed by atoms with van der Waals surface area (Å²) in [6.45, 7) is 1.36. The highest BCUT2D eigenvalue weighted by molar-refractivity contribution is 5.61. The third kappa shape index (κ3) is 3.66. The van der Waals surface area contributed by atoms with Crippen molar-refractivity contribution in [2.24, 2.45) is 0 Å². The van der Waals surface area contributed by atoms with E-state index in [1.807, 2.05) is 0 Å². The summed E-state index contributed by atoms with van der Waals surface area (Å²) in [6, 6.07) is 4.08. The van der Waals surface area contributed by atoms with Crippen LogP contribution in [0.5, 0.6) is 0 Å². The zero-order valence-electron chi connectivity index (χ0n) is 11.6. The molecular weight excluding hydrogens is 261 g/mol. The predicted molar refractivity (Wildman–Crippen MR) is 76.4 cm³/mol. The fourth-order valence-electron chi connectivity index (χ4n) is 2.70. The van der Waals surface area contributed by atoms with Gasteiger partial charge in [-0.15, -0.1) is 0 Å². The Kier molecular flexibility index (Phi) is 4.89. The van der Waals surface area contributed by atoms with Gasteiger partial charge in [0.25, 0.3) is 5.69 Å². The third-order valence-corrected chi connectivity index (χ3v) is 3.88. The maximum atomic E-state index is 13.2. The second kappa shape index (κ2) is 6.65. The Bertz CT molecular complexity index is 475. The summed E-state index contributed by atoms with van der Waals surface area (Å²) in [4.78, 5) is 12.6. The Morgan fingerprint density at radius 3 is 2.80 bits per heavy atom. The van der Waals surface area contributed by atoms with E-state index in [-0.39, 0.29) is 11.4 Å². The lowest BCUT2D eigenvalue weighted by Gasteiger charge is -2.24. The van der Waals surface area contributed by atoms with Crippen LogP contribution >= 0.6 is 0 Å². The Morgan fingerprint density at radius 1 is 1.45 bits per heavy atom. The fourth-order valence-corrected chi connectivity index (χ4v) is 2.70. The van der Waals surface area contributed by atoms with Gasteiger partial charge in [-0.1, -0.05) is 12.8 Å². The van der Waals surface area contributed by atoms with Gasteiger partial charge in [-0.2, -0.15) is 0 Å². The molecule has 110 valence electrons. The van der Waals surface area contributed by atoms with Crippen molar-refractivity contribution >= 4 is 11.4 Å². The van der Waals surface area contributed by atoms with E-state index in [9.17, 15) is 14.5 Å². The molecule has 0 bridgehead atoms. The van der Waals surface area contributed by atoms with Gasteiger partial charge in [-0.05, 0) is 26.0 Å². The number of nitrogens with one attached hydrogen (secondary N) is 1. The summed E-state index contributed by atoms with van der Waals surface area (Å²) in [6.07, 6.45) is 4.99. The minimum Gasteiger partial charge on any atom is -0.378 e. The normalized spacial score (nSPS) is 15.8. The number of nitro groups is 1. The lowest BCUT2D eigenvalue weighted by atomic mass is 10.2. The van der Waals surface area contributed by atoms with Gasteiger partial charge in [-0.25, -0.2) is 4.39 Å². The van der Waals surface area contributed by atoms with Crippen LogP contribution in [0, 0.1) is 15.9 Å². The summed E-state index contributed by atoms with van der Waals surface area (Å²) < 4.78 is 13.2. The van der Waals surface area contributed by atoms with Crippen molar-refractivity contribution in [2.45, 2.75) is 31.7 Å². The van der Waals surface area contributed by atoms with E-state index in [1.165, 1.54) is 37.8 Å². The summed E-state index contributed by atoms with van der Waals surface area (Å²) in [7, 11) is 2.07. The number of hydrogen-bond donors (Lipinski definition) is 1. The zero-order chi connectivity index (χ0) is 14.5. The number of rotatable bonds is 6. The minimum atomic E-state index is -0.498. The Balaban J connectivity index is 1.90. The van der Waals surface area contributed by atoms with Crippen LogP contribution in [0.1, 0.15) is 25.7 Å². The molecule has 5 nitrogen and oxygen atoms in total. The SMILES string of the molecule is CN(CCNc1cc(F)ccc1[N+](=O)[O-])C1CCCC1. The van der Waals surface area contributed by atoms with E-state index in [1.54, 1.807) is 0 Å². The molecule has 0 saturated heterocycles. The van der Waals surface area contributed by atoms with Crippen LogP contribution < -0.4 is 5.32 Å². The number of hydrogen-bond acceptors (Lipinski definition) is 4. The van der Waals surface area contributed by atoms with Gasteiger partial charge >= 0.3 is 0 Å². The summed E-state index contributed by atoms with van der Waals surface area (Å²) in [5, 5.41) is 13.8. The highest BCUT2D eigenvalue weighted by Gasteiger charge is 2.19. The van der Waals surface area contributed by atoms with E-state index in [0.717, 1.165) is 12.6 Å². The summed E-state index contributed by atoms with van der Waals surface area (Å²) in [5.74, 6) is -0.470. The topological polar surface area (TPSA) is 58.4 Å². The maximum absolute atomic E-state index is 13.2. The van der Waals surface area contributed by atoms with E-state index in [0.29, 0.717) is 12.6 Å². The van der Waals surface area contributed by atoms with Crippen molar-refractivity contribution in [1.29, 1.82) is 0 Å². The van der Waals surface area contributed by atoms with Gasteiger partial charge in [0.2, 0.25) is 0 Å². The summed E-state index contributed by atoms with van der Waals surface area (Å²) >= 11 is 0. The van der Waals surface area contributed by atoms with Crippen molar-refractivity contribution in [3.63, 3.8) is 0 Å². The van der Waals surface area contributed by atoms with Crippen LogP contribution in [-0.2, 0) is 0 Å². The first kappa shape index (κ1) is 14.7. The molecule has 0 spiro atoms. The quantitative estimate of drug-likeness (QED) is 0.643. The number of likely N-dealkylation sites (N-methyl/N-ethyl adjacent to an activating group) is 1. The molecule has 2 rings (SSSR count). The van der Waals surface area contributed by atoms with Crippen molar-refractivity contribution in [3.8, 4) is 0 Å². The zero-order valence-corrected chi connectivity index (χ0v) is 11.6. The molecule has 1 N–H and O–H groups in total. The van der Waals surface area contributed by atoms with Crippen molar-refractivity contribution in [3.05, 3.63) is 34.1 Å². The van der Waals surface area contributed by atoms with Crippen LogP contribution in [0.25, 0.3) is 0 Å². The largest absolute Gasteiger partial charge is 0.378 e. The number of nitro benzene ring substituents is 1. The third-order valence-electron chi connectivity index (χ3n) is 3.88. The van der Waals surface area contributed by atoms with Crippen LogP contribution in [0.15, 0.2) is 18.2 Å². The van der Waals surface area contributed by atoms with E-state index < -0.39 is 10.7 Å². The number of nitrogens with zero attached hydrogens (tertiary/aromatic N) is 2. The first-order valence-electron chi connectivity index (χ1n) is 6.96. The van der Waals surface area contributed by atoms with E-state index in [4.69, 9.17) is 0 Å². The maximum Gasteiger partial charge on any atom is 0.292 e. The first-order valence-corrected chi connectivity index (χ1v) is 6.96. The molecular formula is C14H20FN3O2. The predicted octanol–water partition coefficient (Wildman–Crippen LogP) is 3.02. The van der Waals surface area contributed by atoms with Crippen molar-refractivity contribution < 1.29 is 9.31 Å². The molecule has 1 aliphatic rings. The average molecular weight is 281 g/mol. The van der Waals surface area contributed by atoms with Crippen molar-refractivity contribution in [2.75, 3.05) is 25.5 Å².